The van der Waals surface area contributed by atoms with E-state index in [9.17, 15) is 9.59 Å². The molecule has 0 aliphatic carbocycles. The maximum atomic E-state index is 12.8. The highest BCUT2D eigenvalue weighted by Gasteiger charge is 2.30. The van der Waals surface area contributed by atoms with Crippen LogP contribution in [0.4, 0.5) is 6.01 Å². The number of carbonyl (C=O) groups is 2. The van der Waals surface area contributed by atoms with Gasteiger partial charge in [-0.1, -0.05) is 12.1 Å². The lowest BCUT2D eigenvalue weighted by atomic mass is 9.95. The molecule has 0 bridgehead atoms. The Bertz CT molecular complexity index is 1010. The normalized spacial score (nSPS) is 18.5. The van der Waals surface area contributed by atoms with E-state index in [1.165, 1.54) is 6.26 Å². The summed E-state index contributed by atoms with van der Waals surface area (Å²) in [5.41, 5.74) is 1.64. The van der Waals surface area contributed by atoms with Gasteiger partial charge in [0.1, 0.15) is 5.52 Å². The number of amides is 2. The first-order valence-corrected chi connectivity index (χ1v) is 10.9. The highest BCUT2D eigenvalue weighted by molar-refractivity contribution is 5.91. The number of aromatic nitrogens is 1. The van der Waals surface area contributed by atoms with Crippen LogP contribution in [0.1, 0.15) is 36.2 Å². The molecule has 2 amide bonds. The van der Waals surface area contributed by atoms with E-state index in [4.69, 9.17) is 8.83 Å². The minimum absolute atomic E-state index is 0.00316. The van der Waals surface area contributed by atoms with Crippen LogP contribution < -0.4 is 10.2 Å². The Morgan fingerprint density at radius 2 is 1.74 bits per heavy atom. The standard InChI is InChI=1S/C23H26N4O4/c28-21(24-17-9-13-26(14-10-17)22(29)20-6-3-15-30-20)16-7-11-27(12-8-16)23-25-18-4-1-2-5-19(18)31-23/h1-6,15-17H,7-14H2,(H,24,28). The van der Waals surface area contributed by atoms with Gasteiger partial charge in [-0.25, -0.2) is 0 Å². The third-order valence-electron chi connectivity index (χ3n) is 6.28. The minimum atomic E-state index is -0.0821. The number of hydrogen-bond acceptors (Lipinski definition) is 6. The topological polar surface area (TPSA) is 91.8 Å². The summed E-state index contributed by atoms with van der Waals surface area (Å²) in [6.07, 6.45) is 4.59. The molecule has 0 spiro atoms. The summed E-state index contributed by atoms with van der Waals surface area (Å²) >= 11 is 0. The second-order valence-electron chi connectivity index (χ2n) is 8.28. The number of fused-ring (bicyclic) bond motifs is 1. The van der Waals surface area contributed by atoms with Gasteiger partial charge in [-0.05, 0) is 49.9 Å². The van der Waals surface area contributed by atoms with Gasteiger partial charge in [-0.15, -0.1) is 0 Å². The molecule has 2 aromatic heterocycles. The van der Waals surface area contributed by atoms with Crippen molar-refractivity contribution in [1.82, 2.24) is 15.2 Å². The number of carbonyl (C=O) groups excluding carboxylic acids is 2. The van der Waals surface area contributed by atoms with Crippen LogP contribution in [0.15, 0.2) is 51.5 Å². The van der Waals surface area contributed by atoms with Crippen molar-refractivity contribution in [2.75, 3.05) is 31.1 Å². The first-order chi connectivity index (χ1) is 15.2. The Morgan fingerprint density at radius 1 is 0.968 bits per heavy atom. The van der Waals surface area contributed by atoms with E-state index in [2.05, 4.69) is 15.2 Å². The number of nitrogens with zero attached hydrogens (tertiary/aromatic N) is 3. The molecule has 31 heavy (non-hydrogen) atoms. The number of likely N-dealkylation sites (tertiary alicyclic amines) is 1. The molecule has 4 heterocycles. The van der Waals surface area contributed by atoms with Crippen molar-refractivity contribution in [1.29, 1.82) is 0 Å². The first-order valence-electron chi connectivity index (χ1n) is 10.9. The Hall–Kier alpha value is -3.29. The smallest absolute Gasteiger partial charge is 0.298 e. The van der Waals surface area contributed by atoms with E-state index in [1.54, 1.807) is 17.0 Å². The molecule has 8 nitrogen and oxygen atoms in total. The zero-order valence-corrected chi connectivity index (χ0v) is 17.3. The molecule has 2 aliphatic rings. The predicted molar refractivity (Wildman–Crippen MR) is 115 cm³/mol. The Kier molecular flexibility index (Phi) is 5.36. The number of furan rings is 1. The maximum Gasteiger partial charge on any atom is 0.298 e. The van der Waals surface area contributed by atoms with Crippen molar-refractivity contribution in [3.63, 3.8) is 0 Å². The molecule has 0 unspecified atom stereocenters. The maximum absolute atomic E-state index is 12.8. The van der Waals surface area contributed by atoms with Crippen molar-refractivity contribution in [3.05, 3.63) is 48.4 Å². The zero-order chi connectivity index (χ0) is 21.2. The molecule has 0 saturated carbocycles. The molecule has 2 aliphatic heterocycles. The van der Waals surface area contributed by atoms with E-state index in [-0.39, 0.29) is 23.8 Å². The van der Waals surface area contributed by atoms with Gasteiger partial charge in [0, 0.05) is 38.1 Å². The monoisotopic (exact) mass is 422 g/mol. The molecular formula is C23H26N4O4. The zero-order valence-electron chi connectivity index (χ0n) is 17.3. The van der Waals surface area contributed by atoms with Gasteiger partial charge in [0.15, 0.2) is 11.3 Å². The number of rotatable bonds is 4. The van der Waals surface area contributed by atoms with Crippen LogP contribution in [0.2, 0.25) is 0 Å². The fourth-order valence-electron chi connectivity index (χ4n) is 4.43. The summed E-state index contributed by atoms with van der Waals surface area (Å²) in [5.74, 6) is 0.408. The molecule has 0 radical (unpaired) electrons. The van der Waals surface area contributed by atoms with Crippen molar-refractivity contribution in [3.8, 4) is 0 Å². The Balaban J connectivity index is 1.09. The van der Waals surface area contributed by atoms with Crippen LogP contribution in [-0.4, -0.2) is 53.9 Å². The van der Waals surface area contributed by atoms with E-state index in [1.807, 2.05) is 24.3 Å². The molecule has 1 N–H and O–H groups in total. The van der Waals surface area contributed by atoms with Crippen LogP contribution in [-0.2, 0) is 4.79 Å². The summed E-state index contributed by atoms with van der Waals surface area (Å²) in [6.45, 7) is 2.75. The summed E-state index contributed by atoms with van der Waals surface area (Å²) in [7, 11) is 0. The SMILES string of the molecule is O=C(NC1CCN(C(=O)c2ccco2)CC1)C1CCN(c2nc3ccccc3o2)CC1. The summed E-state index contributed by atoms with van der Waals surface area (Å²) in [5, 5.41) is 3.20. The van der Waals surface area contributed by atoms with E-state index in [0.29, 0.717) is 24.9 Å². The highest BCUT2D eigenvalue weighted by Crippen LogP contribution is 2.26. The number of anilines is 1. The quantitative estimate of drug-likeness (QED) is 0.695. The third kappa shape index (κ3) is 4.15. The van der Waals surface area contributed by atoms with Crippen molar-refractivity contribution in [2.45, 2.75) is 31.7 Å². The summed E-state index contributed by atoms with van der Waals surface area (Å²) < 4.78 is 11.1. The number of para-hydroxylation sites is 2. The van der Waals surface area contributed by atoms with E-state index >= 15 is 0 Å². The van der Waals surface area contributed by atoms with E-state index in [0.717, 1.165) is 49.9 Å². The molecular weight excluding hydrogens is 396 g/mol. The van der Waals surface area contributed by atoms with Gasteiger partial charge in [0.05, 0.1) is 6.26 Å². The van der Waals surface area contributed by atoms with Gasteiger partial charge in [0.25, 0.3) is 11.9 Å². The second-order valence-corrected chi connectivity index (χ2v) is 8.28. The molecule has 0 atom stereocenters. The van der Waals surface area contributed by atoms with Crippen LogP contribution in [0, 0.1) is 5.92 Å². The summed E-state index contributed by atoms with van der Waals surface area (Å²) in [4.78, 5) is 33.6. The number of hydrogen-bond donors (Lipinski definition) is 1. The van der Waals surface area contributed by atoms with Crippen molar-refractivity contribution >= 4 is 28.9 Å². The lowest BCUT2D eigenvalue weighted by molar-refractivity contribution is -0.126. The molecule has 3 aromatic rings. The molecule has 2 saturated heterocycles. The van der Waals surface area contributed by atoms with Crippen molar-refractivity contribution < 1.29 is 18.4 Å². The molecule has 2 fully saturated rings. The first kappa shape index (κ1) is 19.7. The van der Waals surface area contributed by atoms with Crippen molar-refractivity contribution in [2.24, 2.45) is 5.92 Å². The molecule has 5 rings (SSSR count). The van der Waals surface area contributed by atoms with Crippen LogP contribution >= 0.6 is 0 Å². The number of oxazole rings is 1. The molecule has 8 heteroatoms. The van der Waals surface area contributed by atoms with Gasteiger partial charge in [-0.2, -0.15) is 4.98 Å². The van der Waals surface area contributed by atoms with Crippen LogP contribution in [0.5, 0.6) is 0 Å². The average molecular weight is 422 g/mol. The third-order valence-corrected chi connectivity index (χ3v) is 6.28. The van der Waals surface area contributed by atoms with Gasteiger partial charge >= 0.3 is 0 Å². The number of nitrogens with one attached hydrogen (secondary N) is 1. The minimum Gasteiger partial charge on any atom is -0.459 e. The Morgan fingerprint density at radius 3 is 2.45 bits per heavy atom. The number of benzene rings is 1. The largest absolute Gasteiger partial charge is 0.459 e. The lowest BCUT2D eigenvalue weighted by Gasteiger charge is -2.34. The van der Waals surface area contributed by atoms with Gasteiger partial charge in [-0.3, -0.25) is 9.59 Å². The fraction of sp³-hybridized carbons (Fsp3) is 0.435. The summed E-state index contributed by atoms with van der Waals surface area (Å²) in [6, 6.07) is 11.9. The van der Waals surface area contributed by atoms with Gasteiger partial charge < -0.3 is 24.0 Å². The Labute approximate surface area is 180 Å². The van der Waals surface area contributed by atoms with Crippen LogP contribution in [0.25, 0.3) is 11.1 Å². The predicted octanol–water partition coefficient (Wildman–Crippen LogP) is 3.06. The molecule has 162 valence electrons. The van der Waals surface area contributed by atoms with Crippen LogP contribution in [0.3, 0.4) is 0 Å². The number of piperidine rings is 2. The lowest BCUT2D eigenvalue weighted by Crippen LogP contribution is -2.49. The second kappa shape index (κ2) is 8.45. The van der Waals surface area contributed by atoms with E-state index < -0.39 is 0 Å². The molecule has 1 aromatic carbocycles. The fourth-order valence-corrected chi connectivity index (χ4v) is 4.43. The highest BCUT2D eigenvalue weighted by atomic mass is 16.4. The average Bonchev–Trinajstić information content (AvgIpc) is 3.49. The van der Waals surface area contributed by atoms with Gasteiger partial charge in [0.2, 0.25) is 5.91 Å².